The number of nitrogens with zero attached hydrogens (tertiary/aromatic N) is 6. The van der Waals surface area contributed by atoms with Gasteiger partial charge >= 0.3 is 5.97 Å². The van der Waals surface area contributed by atoms with Crippen molar-refractivity contribution < 1.29 is 65.7 Å². The summed E-state index contributed by atoms with van der Waals surface area (Å²) in [6.07, 6.45) is 3.73. The summed E-state index contributed by atoms with van der Waals surface area (Å²) in [5, 5.41) is 1.09. The molecular formula is C64H78Cl2F2N6O12S. The lowest BCUT2D eigenvalue weighted by atomic mass is 9.87. The molecule has 0 spiro atoms. The fraction of sp³-hybridized carbons (Fsp3) is 0.516. The average molecular weight is 1260 g/mol. The number of hydrogen-bond acceptors (Lipinski definition) is 19. The number of aromatic nitrogens is 4. The Labute approximate surface area is 521 Å². The summed E-state index contributed by atoms with van der Waals surface area (Å²) in [5.41, 5.74) is 2.82. The molecule has 0 N–H and O–H groups in total. The Morgan fingerprint density at radius 3 is 2.14 bits per heavy atom. The molecule has 4 aliphatic rings. The SMILES string of the molecule is COCCOCCOCCOCCOCCOC[C@]1(F)CC=C(c2nccc(COc3ccc4cc3C[C@H](C(=O)OC(C)(C)C)Oc3ncnc5sc(-c6ccc(F)cc6)c(c35)-c3c(C)c(Cl)c(c(Cl)c3C)O[C@H](CN3CCN(C)CC3)CO4)n2)CC1. The van der Waals surface area contributed by atoms with Crippen LogP contribution in [0.15, 0.2) is 67.1 Å². The van der Waals surface area contributed by atoms with Gasteiger partial charge in [0.05, 0.1) is 93.8 Å². The van der Waals surface area contributed by atoms with Gasteiger partial charge in [-0.1, -0.05) is 41.4 Å². The molecule has 4 bridgehead atoms. The van der Waals surface area contributed by atoms with Crippen LogP contribution in [-0.4, -0.2) is 185 Å². The van der Waals surface area contributed by atoms with E-state index in [9.17, 15) is 9.18 Å². The van der Waals surface area contributed by atoms with Crippen LogP contribution in [0.5, 0.6) is 23.1 Å². The molecule has 87 heavy (non-hydrogen) atoms. The summed E-state index contributed by atoms with van der Waals surface area (Å²) in [6.45, 7) is 17.5. The molecule has 0 amide bonds. The number of likely N-dealkylation sites (N-methyl/N-ethyl adjacent to an activating group) is 1. The van der Waals surface area contributed by atoms with E-state index in [4.69, 9.17) is 90.3 Å². The number of fused-ring (bicyclic) bond motifs is 7. The van der Waals surface area contributed by atoms with E-state index < -0.39 is 35.3 Å². The highest BCUT2D eigenvalue weighted by atomic mass is 35.5. The van der Waals surface area contributed by atoms with Gasteiger partial charge in [0.1, 0.15) is 59.1 Å². The van der Waals surface area contributed by atoms with Crippen LogP contribution in [0.25, 0.3) is 37.4 Å². The standard InChI is InChI=1S/C64H78Cl2F2N6O12S/c1-41-52-42(2)56(66)57(55(41)65)84-49(36-74-22-20-73(6)21-23-74)38-82-48-12-13-50(45(34-48)35-51(62(75)86-63(3,4)5)85-60-54-53(52)58(87-61(54)71-40-70-60)43-8-10-46(67)11-9-43)83-37-47-16-19-69-59(72-47)44-14-17-64(68,18-15-44)39-81-33-32-80-31-30-79-29-28-78-27-26-77-25-24-76-7/h8-14,16,19,34,40,49,51H,15,17-18,20-33,35-39H2,1-7H3/t49-,51-,64+/m1/s1. The fourth-order valence-corrected chi connectivity index (χ4v) is 12.0. The van der Waals surface area contributed by atoms with Crippen molar-refractivity contribution in [1.29, 1.82) is 0 Å². The number of halogens is 4. The fourth-order valence-electron chi connectivity index (χ4n) is 10.3. The lowest BCUT2D eigenvalue weighted by Gasteiger charge is -2.35. The molecule has 6 heterocycles. The van der Waals surface area contributed by atoms with Crippen LogP contribution < -0.4 is 18.9 Å². The molecule has 23 heteroatoms. The Bertz CT molecular complexity index is 3260. The number of allylic oxidation sites excluding steroid dienone is 2. The zero-order valence-electron chi connectivity index (χ0n) is 50.6. The van der Waals surface area contributed by atoms with Crippen molar-refractivity contribution in [3.05, 3.63) is 111 Å². The molecule has 470 valence electrons. The second-order valence-electron chi connectivity index (χ2n) is 22.8. The zero-order chi connectivity index (χ0) is 61.5. The summed E-state index contributed by atoms with van der Waals surface area (Å²) in [7, 11) is 3.74. The van der Waals surface area contributed by atoms with Crippen LogP contribution in [0.3, 0.4) is 0 Å². The van der Waals surface area contributed by atoms with Gasteiger partial charge in [-0.3, -0.25) is 4.90 Å². The smallest absolute Gasteiger partial charge is 0.348 e. The molecule has 6 aromatic rings. The first kappa shape index (κ1) is 65.7. The summed E-state index contributed by atoms with van der Waals surface area (Å²) < 4.78 is 96.5. The minimum absolute atomic E-state index is 0.0126. The number of ether oxygens (including phenoxy) is 11. The largest absolute Gasteiger partial charge is 0.490 e. The summed E-state index contributed by atoms with van der Waals surface area (Å²) >= 11 is 16.2. The molecule has 3 aromatic heterocycles. The predicted octanol–water partition coefficient (Wildman–Crippen LogP) is 11.2. The van der Waals surface area contributed by atoms with Crippen LogP contribution in [0, 0.1) is 19.7 Å². The Morgan fingerprint density at radius 1 is 0.828 bits per heavy atom. The molecule has 0 saturated carbocycles. The van der Waals surface area contributed by atoms with Crippen LogP contribution in [0.2, 0.25) is 10.0 Å². The normalized spacial score (nSPS) is 18.6. The molecule has 1 aliphatic carbocycles. The number of carbonyl (C=O) groups excluding carboxylic acids is 1. The zero-order valence-corrected chi connectivity index (χ0v) is 52.9. The van der Waals surface area contributed by atoms with Gasteiger partial charge in [0.2, 0.25) is 12.0 Å². The molecule has 3 atom stereocenters. The lowest BCUT2D eigenvalue weighted by molar-refractivity contribution is -0.163. The molecule has 1 fully saturated rings. The summed E-state index contributed by atoms with van der Waals surface area (Å²) in [5.74, 6) is 0.714. The first-order valence-electron chi connectivity index (χ1n) is 29.4. The van der Waals surface area contributed by atoms with Crippen molar-refractivity contribution in [1.82, 2.24) is 29.7 Å². The highest BCUT2D eigenvalue weighted by Gasteiger charge is 2.36. The molecular weight excluding hydrogens is 1190 g/mol. The number of hydrogen-bond donors (Lipinski definition) is 0. The van der Waals surface area contributed by atoms with Gasteiger partial charge in [-0.2, -0.15) is 0 Å². The summed E-state index contributed by atoms with van der Waals surface area (Å²) in [6, 6.07) is 13.4. The number of rotatable bonds is 25. The van der Waals surface area contributed by atoms with Gasteiger partial charge in [0, 0.05) is 74.9 Å². The monoisotopic (exact) mass is 1260 g/mol. The molecule has 0 radical (unpaired) electrons. The van der Waals surface area contributed by atoms with Crippen molar-refractivity contribution in [3.63, 3.8) is 0 Å². The number of esters is 1. The van der Waals surface area contributed by atoms with Crippen molar-refractivity contribution in [2.24, 2.45) is 0 Å². The van der Waals surface area contributed by atoms with E-state index in [1.807, 2.05) is 26.0 Å². The van der Waals surface area contributed by atoms with Crippen LogP contribution in [0.4, 0.5) is 8.78 Å². The van der Waals surface area contributed by atoms with E-state index in [0.717, 1.165) is 36.6 Å². The van der Waals surface area contributed by atoms with E-state index in [1.165, 1.54) is 29.8 Å². The number of methoxy groups -OCH3 is 1. The van der Waals surface area contributed by atoms with Gasteiger partial charge in [0.15, 0.2) is 11.6 Å². The van der Waals surface area contributed by atoms with Crippen molar-refractivity contribution in [2.75, 3.05) is 126 Å². The van der Waals surface area contributed by atoms with Crippen molar-refractivity contribution in [2.45, 2.75) is 90.4 Å². The van der Waals surface area contributed by atoms with Gasteiger partial charge < -0.3 is 57.0 Å². The first-order valence-corrected chi connectivity index (χ1v) is 31.0. The minimum atomic E-state index is -1.55. The maximum atomic E-state index is 16.0. The van der Waals surface area contributed by atoms with Crippen molar-refractivity contribution >= 4 is 56.3 Å². The maximum Gasteiger partial charge on any atom is 0.348 e. The number of piperazine rings is 1. The minimum Gasteiger partial charge on any atom is -0.490 e. The lowest BCUT2D eigenvalue weighted by Crippen LogP contribution is -2.49. The Balaban J connectivity index is 0.946. The second-order valence-corrected chi connectivity index (χ2v) is 24.5. The first-order chi connectivity index (χ1) is 42.0. The number of carbonyl (C=O) groups is 1. The molecule has 18 nitrogen and oxygen atoms in total. The van der Waals surface area contributed by atoms with Crippen LogP contribution in [-0.2, 0) is 51.0 Å². The highest BCUT2D eigenvalue weighted by molar-refractivity contribution is 7.22. The van der Waals surface area contributed by atoms with Gasteiger partial charge in [-0.25, -0.2) is 33.5 Å². The van der Waals surface area contributed by atoms with E-state index >= 15 is 4.39 Å². The molecule has 3 aliphatic heterocycles. The van der Waals surface area contributed by atoms with E-state index in [-0.39, 0.29) is 51.6 Å². The second kappa shape index (κ2) is 31.2. The highest BCUT2D eigenvalue weighted by Crippen LogP contribution is 2.53. The maximum absolute atomic E-state index is 16.0. The Morgan fingerprint density at radius 2 is 1.49 bits per heavy atom. The quantitative estimate of drug-likeness (QED) is 0.0390. The third-order valence-corrected chi connectivity index (χ3v) is 17.0. The topological polar surface area (TPSA) is 177 Å². The van der Waals surface area contributed by atoms with Crippen LogP contribution in [0.1, 0.15) is 68.2 Å². The van der Waals surface area contributed by atoms with Crippen molar-refractivity contribution in [3.8, 4) is 44.7 Å². The summed E-state index contributed by atoms with van der Waals surface area (Å²) in [4.78, 5) is 39.5. The Hall–Kier alpha value is -5.69. The molecule has 0 unspecified atom stereocenters. The van der Waals surface area contributed by atoms with Gasteiger partial charge in [-0.15, -0.1) is 11.3 Å². The third-order valence-electron chi connectivity index (χ3n) is 15.0. The Kier molecular flexibility index (Phi) is 23.6. The predicted molar refractivity (Wildman–Crippen MR) is 330 cm³/mol. The number of alkyl halides is 1. The number of thiophene rings is 1. The van der Waals surface area contributed by atoms with Gasteiger partial charge in [-0.05, 0) is 119 Å². The van der Waals surface area contributed by atoms with Crippen LogP contribution >= 0.6 is 34.5 Å². The van der Waals surface area contributed by atoms with Gasteiger partial charge in [0.25, 0.3) is 0 Å². The average Bonchev–Trinajstić information content (AvgIpc) is 1.77. The third kappa shape index (κ3) is 18.0. The molecule has 3 aromatic carbocycles. The molecule has 10 rings (SSSR count). The van der Waals surface area contributed by atoms with E-state index in [0.29, 0.717) is 155 Å². The number of benzene rings is 3. The van der Waals surface area contributed by atoms with E-state index in [2.05, 4.69) is 21.8 Å². The van der Waals surface area contributed by atoms with E-state index in [1.54, 1.807) is 64.4 Å². The molecule has 1 saturated heterocycles.